The molecule has 1 unspecified atom stereocenters. The lowest BCUT2D eigenvalue weighted by atomic mass is 9.95. The molecule has 0 amide bonds. The highest BCUT2D eigenvalue weighted by atomic mass is 32.2. The van der Waals surface area contributed by atoms with Crippen LogP contribution in [0.1, 0.15) is 55.4 Å². The highest BCUT2D eigenvalue weighted by molar-refractivity contribution is 8.00. The van der Waals surface area contributed by atoms with E-state index in [2.05, 4.69) is 10.2 Å². The fraction of sp³-hybridized carbons (Fsp3) is 0.381. The van der Waals surface area contributed by atoms with Gasteiger partial charge in [-0.05, 0) is 44.0 Å². The summed E-state index contributed by atoms with van der Waals surface area (Å²) in [5.41, 5.74) is -0.124. The van der Waals surface area contributed by atoms with Crippen LogP contribution >= 0.6 is 11.8 Å². The molecule has 0 radical (unpaired) electrons. The maximum atomic E-state index is 14.0. The maximum Gasteiger partial charge on any atom is 0.200 e. The lowest BCUT2D eigenvalue weighted by Gasteiger charge is -2.25. The van der Waals surface area contributed by atoms with Gasteiger partial charge in [0.05, 0.1) is 17.1 Å². The molecule has 152 valence electrons. The minimum Gasteiger partial charge on any atom is -0.461 e. The zero-order valence-corrected chi connectivity index (χ0v) is 16.8. The third-order valence-corrected chi connectivity index (χ3v) is 6.25. The molecule has 4 rings (SSSR count). The number of halogens is 2. The van der Waals surface area contributed by atoms with Crippen LogP contribution in [0.3, 0.4) is 0 Å². The summed E-state index contributed by atoms with van der Waals surface area (Å²) in [5.74, 6) is -0.715. The van der Waals surface area contributed by atoms with Crippen molar-refractivity contribution in [3.63, 3.8) is 0 Å². The van der Waals surface area contributed by atoms with Crippen LogP contribution < -0.4 is 0 Å². The number of aromatic nitrogens is 3. The number of carbonyl (C=O) groups excluding carboxylic acids is 1. The quantitative estimate of drug-likeness (QED) is 0.381. The Hall–Kier alpha value is -2.48. The smallest absolute Gasteiger partial charge is 0.200 e. The van der Waals surface area contributed by atoms with E-state index in [9.17, 15) is 13.6 Å². The van der Waals surface area contributed by atoms with Crippen LogP contribution in [0, 0.1) is 11.6 Å². The van der Waals surface area contributed by atoms with Crippen LogP contribution in [0.15, 0.2) is 46.2 Å². The monoisotopic (exact) mass is 417 g/mol. The topological polar surface area (TPSA) is 60.9 Å². The molecule has 1 aliphatic carbocycles. The first-order valence-corrected chi connectivity index (χ1v) is 10.6. The zero-order valence-electron chi connectivity index (χ0n) is 16.0. The molecule has 0 aliphatic heterocycles. The summed E-state index contributed by atoms with van der Waals surface area (Å²) in [6.45, 7) is 1.70. The molecule has 1 aliphatic rings. The SMILES string of the molecule is CC(Sc1nnc(-c2ccco2)n1C1CCCCC1)C(=O)c1ccc(F)cc1F. The Morgan fingerprint density at radius 2 is 2.00 bits per heavy atom. The fourth-order valence-electron chi connectivity index (χ4n) is 3.72. The summed E-state index contributed by atoms with van der Waals surface area (Å²) in [6.07, 6.45) is 7.06. The third kappa shape index (κ3) is 4.12. The number of furan rings is 1. The highest BCUT2D eigenvalue weighted by Crippen LogP contribution is 2.37. The molecule has 8 heteroatoms. The summed E-state index contributed by atoms with van der Waals surface area (Å²) in [6, 6.07) is 6.86. The maximum absolute atomic E-state index is 14.0. The summed E-state index contributed by atoms with van der Waals surface area (Å²) < 4.78 is 34.8. The van der Waals surface area contributed by atoms with Crippen molar-refractivity contribution in [1.29, 1.82) is 0 Å². The van der Waals surface area contributed by atoms with Crippen LogP contribution in [-0.4, -0.2) is 25.8 Å². The summed E-state index contributed by atoms with van der Waals surface area (Å²) in [7, 11) is 0. The molecule has 5 nitrogen and oxygen atoms in total. The molecule has 1 aromatic carbocycles. The standard InChI is InChI=1S/C21H21F2N3O2S/c1-13(19(27)16-10-9-14(22)12-17(16)23)29-21-25-24-20(18-8-5-11-28-18)26(21)15-6-3-2-4-7-15/h5,8-13,15H,2-4,6-7H2,1H3. The second-order valence-electron chi connectivity index (χ2n) is 7.19. The number of ketones is 1. The zero-order chi connectivity index (χ0) is 20.4. The summed E-state index contributed by atoms with van der Waals surface area (Å²) in [5, 5.41) is 8.62. The largest absolute Gasteiger partial charge is 0.461 e. The van der Waals surface area contributed by atoms with Crippen LogP contribution in [0.25, 0.3) is 11.6 Å². The van der Waals surface area contributed by atoms with E-state index in [-0.39, 0.29) is 11.6 Å². The number of rotatable bonds is 6. The highest BCUT2D eigenvalue weighted by Gasteiger charge is 2.28. The number of thioether (sulfide) groups is 1. The predicted octanol–water partition coefficient (Wildman–Crippen LogP) is 5.69. The van der Waals surface area contributed by atoms with Crippen molar-refractivity contribution >= 4 is 17.5 Å². The number of nitrogens with zero attached hydrogens (tertiary/aromatic N) is 3. The molecule has 0 N–H and O–H groups in total. The minimum absolute atomic E-state index is 0.124. The van der Waals surface area contributed by atoms with Gasteiger partial charge in [-0.1, -0.05) is 31.0 Å². The molecule has 0 spiro atoms. The van der Waals surface area contributed by atoms with Crippen LogP contribution in [-0.2, 0) is 0 Å². The van der Waals surface area contributed by atoms with E-state index in [1.165, 1.54) is 24.2 Å². The van der Waals surface area contributed by atoms with E-state index in [0.717, 1.165) is 37.8 Å². The first-order chi connectivity index (χ1) is 14.0. The molecule has 3 aromatic rings. The Kier molecular flexibility index (Phi) is 5.80. The fourth-order valence-corrected chi connectivity index (χ4v) is 4.71. The van der Waals surface area contributed by atoms with Crippen LogP contribution in [0.4, 0.5) is 8.78 Å². The van der Waals surface area contributed by atoms with Crippen molar-refractivity contribution in [1.82, 2.24) is 14.8 Å². The van der Waals surface area contributed by atoms with Crippen molar-refractivity contribution in [2.24, 2.45) is 0 Å². The molecule has 1 atom stereocenters. The Bertz CT molecular complexity index is 998. The van der Waals surface area contributed by atoms with Crippen molar-refractivity contribution in [2.75, 3.05) is 0 Å². The number of Topliss-reactive ketones (excluding diaryl/α,β-unsaturated/α-hetero) is 1. The van der Waals surface area contributed by atoms with E-state index >= 15 is 0 Å². The third-order valence-electron chi connectivity index (χ3n) is 5.19. The van der Waals surface area contributed by atoms with Crippen molar-refractivity contribution in [3.8, 4) is 11.6 Å². The van der Waals surface area contributed by atoms with E-state index < -0.39 is 22.7 Å². The molecule has 2 aromatic heterocycles. The van der Waals surface area contributed by atoms with E-state index in [0.29, 0.717) is 16.7 Å². The first-order valence-electron chi connectivity index (χ1n) is 9.69. The van der Waals surface area contributed by atoms with Gasteiger partial charge in [-0.2, -0.15) is 0 Å². The van der Waals surface area contributed by atoms with E-state index in [1.54, 1.807) is 19.3 Å². The van der Waals surface area contributed by atoms with Gasteiger partial charge in [-0.3, -0.25) is 9.36 Å². The Balaban J connectivity index is 1.63. The molecule has 1 fully saturated rings. The van der Waals surface area contributed by atoms with Gasteiger partial charge < -0.3 is 4.42 Å². The van der Waals surface area contributed by atoms with Gasteiger partial charge in [0.15, 0.2) is 16.7 Å². The molecule has 0 saturated heterocycles. The van der Waals surface area contributed by atoms with Gasteiger partial charge in [-0.15, -0.1) is 10.2 Å². The second-order valence-corrected chi connectivity index (χ2v) is 8.50. The van der Waals surface area contributed by atoms with Gasteiger partial charge >= 0.3 is 0 Å². The number of hydrogen-bond acceptors (Lipinski definition) is 5. The van der Waals surface area contributed by atoms with Crippen LogP contribution in [0.5, 0.6) is 0 Å². The summed E-state index contributed by atoms with van der Waals surface area (Å²) in [4.78, 5) is 12.7. The van der Waals surface area contributed by atoms with E-state index in [1.807, 2.05) is 10.6 Å². The normalized spacial score (nSPS) is 16.1. The molecule has 2 heterocycles. The predicted molar refractivity (Wildman–Crippen MR) is 106 cm³/mol. The van der Waals surface area contributed by atoms with Gasteiger partial charge in [0.25, 0.3) is 0 Å². The molecule has 0 bridgehead atoms. The summed E-state index contributed by atoms with van der Waals surface area (Å²) >= 11 is 1.24. The second kappa shape index (κ2) is 8.49. The van der Waals surface area contributed by atoms with Crippen molar-refractivity contribution in [3.05, 3.63) is 53.8 Å². The number of benzene rings is 1. The number of carbonyl (C=O) groups is 1. The Morgan fingerprint density at radius 1 is 1.21 bits per heavy atom. The van der Waals surface area contributed by atoms with Gasteiger partial charge in [-0.25, -0.2) is 8.78 Å². The van der Waals surface area contributed by atoms with Gasteiger partial charge in [0, 0.05) is 12.1 Å². The average molecular weight is 417 g/mol. The minimum atomic E-state index is -0.854. The number of hydrogen-bond donors (Lipinski definition) is 0. The van der Waals surface area contributed by atoms with Gasteiger partial charge in [0.1, 0.15) is 11.6 Å². The first kappa shape index (κ1) is 19.8. The lowest BCUT2D eigenvalue weighted by Crippen LogP contribution is -2.19. The molecular weight excluding hydrogens is 396 g/mol. The van der Waals surface area contributed by atoms with Gasteiger partial charge in [0.2, 0.25) is 5.82 Å². The van der Waals surface area contributed by atoms with E-state index in [4.69, 9.17) is 4.42 Å². The average Bonchev–Trinajstić information content (AvgIpc) is 3.38. The Labute approximate surface area is 171 Å². The molecule has 29 heavy (non-hydrogen) atoms. The molecule has 1 saturated carbocycles. The van der Waals surface area contributed by atoms with Crippen molar-refractivity contribution < 1.29 is 18.0 Å². The molecular formula is C21H21F2N3O2S. The lowest BCUT2D eigenvalue weighted by molar-refractivity contribution is 0.0990. The van der Waals surface area contributed by atoms with Crippen LogP contribution in [0.2, 0.25) is 0 Å². The Morgan fingerprint density at radius 3 is 2.69 bits per heavy atom. The van der Waals surface area contributed by atoms with Crippen molar-refractivity contribution in [2.45, 2.75) is 55.5 Å².